The third-order valence-corrected chi connectivity index (χ3v) is 4.57. The molecule has 3 atom stereocenters. The number of rotatable bonds is 4. The van der Waals surface area contributed by atoms with Gasteiger partial charge in [-0.15, -0.1) is 0 Å². The van der Waals surface area contributed by atoms with Gasteiger partial charge in [-0.05, 0) is 55.7 Å². The summed E-state index contributed by atoms with van der Waals surface area (Å²) in [6, 6.07) is 10.0. The second-order valence-electron chi connectivity index (χ2n) is 6.99. The first-order chi connectivity index (χ1) is 9.45. The maximum atomic E-state index is 3.83. The minimum atomic E-state index is 0.439. The number of anilines is 1. The van der Waals surface area contributed by atoms with E-state index in [1.54, 1.807) is 0 Å². The first-order valence-electron chi connectivity index (χ1n) is 7.99. The largest absolute Gasteiger partial charge is 0.378 e. The van der Waals surface area contributed by atoms with Crippen molar-refractivity contribution in [2.45, 2.75) is 52.1 Å². The molecule has 2 rings (SSSR count). The second kappa shape index (κ2) is 6.62. The molecule has 0 aliphatic heterocycles. The third kappa shape index (κ3) is 3.99. The molecular formula is C18H30N2. The highest BCUT2D eigenvalue weighted by atomic mass is 15.1. The van der Waals surface area contributed by atoms with Gasteiger partial charge in [0.25, 0.3) is 0 Å². The van der Waals surface area contributed by atoms with Gasteiger partial charge in [-0.2, -0.15) is 0 Å². The third-order valence-electron chi connectivity index (χ3n) is 4.57. The average Bonchev–Trinajstić information content (AvgIpc) is 2.37. The highest BCUT2D eigenvalue weighted by Crippen LogP contribution is 2.30. The van der Waals surface area contributed by atoms with Crippen molar-refractivity contribution >= 4 is 5.69 Å². The van der Waals surface area contributed by atoms with Crippen LogP contribution in [0, 0.1) is 11.8 Å². The maximum Gasteiger partial charge on any atom is 0.0361 e. The Hall–Kier alpha value is -1.02. The van der Waals surface area contributed by atoms with Gasteiger partial charge in [0.15, 0.2) is 0 Å². The molecule has 1 aliphatic rings. The summed E-state index contributed by atoms with van der Waals surface area (Å²) in [5.74, 6) is 1.72. The first kappa shape index (κ1) is 15.4. The van der Waals surface area contributed by atoms with E-state index in [9.17, 15) is 0 Å². The van der Waals surface area contributed by atoms with E-state index < -0.39 is 0 Å². The Morgan fingerprint density at radius 1 is 1.00 bits per heavy atom. The summed E-state index contributed by atoms with van der Waals surface area (Å²) in [6.45, 7) is 7.07. The van der Waals surface area contributed by atoms with Gasteiger partial charge in [-0.1, -0.05) is 26.0 Å². The molecule has 2 heteroatoms. The van der Waals surface area contributed by atoms with Crippen LogP contribution in [0.25, 0.3) is 0 Å². The SMILES string of the molecule is CC1CC(C)CC(NC(C)c2ccc(N(C)C)cc2)C1. The van der Waals surface area contributed by atoms with Crippen molar-refractivity contribution in [3.63, 3.8) is 0 Å². The van der Waals surface area contributed by atoms with E-state index in [4.69, 9.17) is 0 Å². The zero-order valence-electron chi connectivity index (χ0n) is 13.7. The number of nitrogens with one attached hydrogen (secondary N) is 1. The van der Waals surface area contributed by atoms with E-state index in [0.29, 0.717) is 12.1 Å². The van der Waals surface area contributed by atoms with Gasteiger partial charge < -0.3 is 10.2 Å². The Bertz CT molecular complexity index is 400. The summed E-state index contributed by atoms with van der Waals surface area (Å²) < 4.78 is 0. The van der Waals surface area contributed by atoms with Crippen LogP contribution >= 0.6 is 0 Å². The minimum absolute atomic E-state index is 0.439. The summed E-state index contributed by atoms with van der Waals surface area (Å²) in [4.78, 5) is 2.15. The highest BCUT2D eigenvalue weighted by Gasteiger charge is 2.24. The molecule has 0 saturated heterocycles. The van der Waals surface area contributed by atoms with Crippen LogP contribution in [0.4, 0.5) is 5.69 Å². The van der Waals surface area contributed by atoms with Crippen molar-refractivity contribution in [1.82, 2.24) is 5.32 Å². The van der Waals surface area contributed by atoms with Crippen LogP contribution in [0.3, 0.4) is 0 Å². The van der Waals surface area contributed by atoms with Crippen LogP contribution in [0.2, 0.25) is 0 Å². The fourth-order valence-corrected chi connectivity index (χ4v) is 3.59. The molecule has 1 fully saturated rings. The summed E-state index contributed by atoms with van der Waals surface area (Å²) >= 11 is 0. The molecular weight excluding hydrogens is 244 g/mol. The van der Waals surface area contributed by atoms with Gasteiger partial charge in [-0.3, -0.25) is 0 Å². The molecule has 0 aromatic heterocycles. The van der Waals surface area contributed by atoms with Crippen molar-refractivity contribution in [3.05, 3.63) is 29.8 Å². The highest BCUT2D eigenvalue weighted by molar-refractivity contribution is 5.46. The lowest BCUT2D eigenvalue weighted by Crippen LogP contribution is -2.37. The van der Waals surface area contributed by atoms with E-state index in [2.05, 4.69) is 69.3 Å². The Morgan fingerprint density at radius 2 is 1.55 bits per heavy atom. The predicted octanol–water partition coefficient (Wildman–Crippen LogP) is 4.23. The zero-order chi connectivity index (χ0) is 14.7. The number of hydrogen-bond acceptors (Lipinski definition) is 2. The lowest BCUT2D eigenvalue weighted by atomic mass is 9.80. The zero-order valence-corrected chi connectivity index (χ0v) is 13.7. The van der Waals surface area contributed by atoms with Gasteiger partial charge in [0.05, 0.1) is 0 Å². The van der Waals surface area contributed by atoms with Crippen LogP contribution < -0.4 is 10.2 Å². The van der Waals surface area contributed by atoms with Gasteiger partial charge in [0.2, 0.25) is 0 Å². The fourth-order valence-electron chi connectivity index (χ4n) is 3.59. The Morgan fingerprint density at radius 3 is 2.05 bits per heavy atom. The standard InChI is InChI=1S/C18H30N2/c1-13-10-14(2)12-17(11-13)19-15(3)16-6-8-18(9-7-16)20(4)5/h6-9,13-15,17,19H,10-12H2,1-5H3. The van der Waals surface area contributed by atoms with Crippen LogP contribution in [0.5, 0.6) is 0 Å². The quantitative estimate of drug-likeness (QED) is 0.884. The van der Waals surface area contributed by atoms with Gasteiger partial charge in [0.1, 0.15) is 0 Å². The summed E-state index contributed by atoms with van der Waals surface area (Å²) in [7, 11) is 4.17. The first-order valence-corrected chi connectivity index (χ1v) is 7.99. The van der Waals surface area contributed by atoms with Crippen molar-refractivity contribution in [3.8, 4) is 0 Å². The maximum absolute atomic E-state index is 3.83. The lowest BCUT2D eigenvalue weighted by Gasteiger charge is -2.34. The number of nitrogens with zero attached hydrogens (tertiary/aromatic N) is 1. The van der Waals surface area contributed by atoms with E-state index in [0.717, 1.165) is 11.8 Å². The molecule has 1 aromatic carbocycles. The second-order valence-corrected chi connectivity index (χ2v) is 6.99. The van der Waals surface area contributed by atoms with Gasteiger partial charge in [0, 0.05) is 31.9 Å². The molecule has 1 aliphatic carbocycles. The molecule has 1 aromatic rings. The molecule has 0 heterocycles. The van der Waals surface area contributed by atoms with Crippen LogP contribution in [0.15, 0.2) is 24.3 Å². The summed E-state index contributed by atoms with van der Waals surface area (Å²) in [5, 5.41) is 3.83. The smallest absolute Gasteiger partial charge is 0.0361 e. The number of hydrogen-bond donors (Lipinski definition) is 1. The van der Waals surface area contributed by atoms with Gasteiger partial charge in [-0.25, -0.2) is 0 Å². The van der Waals surface area contributed by atoms with Crippen molar-refractivity contribution in [2.24, 2.45) is 11.8 Å². The molecule has 2 nitrogen and oxygen atoms in total. The summed E-state index contributed by atoms with van der Waals surface area (Å²) in [6.07, 6.45) is 4.04. The molecule has 112 valence electrons. The molecule has 0 amide bonds. The topological polar surface area (TPSA) is 15.3 Å². The Kier molecular flexibility index (Phi) is 5.09. The molecule has 0 bridgehead atoms. The lowest BCUT2D eigenvalue weighted by molar-refractivity contribution is 0.228. The molecule has 20 heavy (non-hydrogen) atoms. The minimum Gasteiger partial charge on any atom is -0.378 e. The van der Waals surface area contributed by atoms with Crippen molar-refractivity contribution in [2.75, 3.05) is 19.0 Å². The average molecular weight is 274 g/mol. The fraction of sp³-hybridized carbons (Fsp3) is 0.667. The van der Waals surface area contributed by atoms with E-state index in [1.807, 2.05) is 0 Å². The predicted molar refractivity (Wildman–Crippen MR) is 88.3 cm³/mol. The molecule has 0 spiro atoms. The normalized spacial score (nSPS) is 28.1. The monoisotopic (exact) mass is 274 g/mol. The molecule has 1 saturated carbocycles. The molecule has 3 unspecified atom stereocenters. The van der Waals surface area contributed by atoms with Crippen LogP contribution in [0.1, 0.15) is 51.6 Å². The van der Waals surface area contributed by atoms with Crippen molar-refractivity contribution in [1.29, 1.82) is 0 Å². The number of benzene rings is 1. The van der Waals surface area contributed by atoms with Crippen LogP contribution in [-0.2, 0) is 0 Å². The van der Waals surface area contributed by atoms with Crippen molar-refractivity contribution < 1.29 is 0 Å². The van der Waals surface area contributed by atoms with E-state index in [1.165, 1.54) is 30.5 Å². The molecule has 1 N–H and O–H groups in total. The Labute approximate surface area is 124 Å². The van der Waals surface area contributed by atoms with Gasteiger partial charge >= 0.3 is 0 Å². The Balaban J connectivity index is 1.95. The van der Waals surface area contributed by atoms with Crippen LogP contribution in [-0.4, -0.2) is 20.1 Å². The van der Waals surface area contributed by atoms with E-state index >= 15 is 0 Å². The molecule has 0 radical (unpaired) electrons. The van der Waals surface area contributed by atoms with E-state index in [-0.39, 0.29) is 0 Å². The summed E-state index contributed by atoms with van der Waals surface area (Å²) in [5.41, 5.74) is 2.65.